The first-order valence-electron chi connectivity index (χ1n) is 9.98. The minimum absolute atomic E-state index is 0.415. The van der Waals surface area contributed by atoms with Gasteiger partial charge < -0.3 is 0 Å². The molecule has 0 aromatic heterocycles. The standard InChI is InChI=1S/C26H24F3NS/c1-18(2)20-8-12-23(13-9-20)30-25(16-17-31-24-14-4-19(3)5-15-24)21-6-10-22(11-7-21)26(27,28)29/h4-18H,1-3H3/b17-16+,30-25?. The van der Waals surface area contributed by atoms with Crippen molar-refractivity contribution in [2.75, 3.05) is 0 Å². The highest BCUT2D eigenvalue weighted by atomic mass is 32.2. The fourth-order valence-electron chi connectivity index (χ4n) is 2.89. The maximum Gasteiger partial charge on any atom is 0.416 e. The molecule has 0 atom stereocenters. The molecule has 0 spiro atoms. The molecular weight excluding hydrogens is 415 g/mol. The highest BCUT2D eigenvalue weighted by Crippen LogP contribution is 2.30. The maximum atomic E-state index is 12.9. The van der Waals surface area contributed by atoms with Crippen LogP contribution >= 0.6 is 11.8 Å². The lowest BCUT2D eigenvalue weighted by atomic mass is 10.0. The number of allylic oxidation sites excluding steroid dienone is 1. The lowest BCUT2D eigenvalue weighted by molar-refractivity contribution is -0.137. The number of nitrogens with zero attached hydrogens (tertiary/aromatic N) is 1. The number of halogens is 3. The highest BCUT2D eigenvalue weighted by molar-refractivity contribution is 8.02. The van der Waals surface area contributed by atoms with E-state index < -0.39 is 11.7 Å². The van der Waals surface area contributed by atoms with Crippen LogP contribution in [-0.2, 0) is 6.18 Å². The summed E-state index contributed by atoms with van der Waals surface area (Å²) in [6.07, 6.45) is -2.52. The molecule has 0 amide bonds. The predicted octanol–water partition coefficient (Wildman–Crippen LogP) is 8.56. The number of thioether (sulfide) groups is 1. The van der Waals surface area contributed by atoms with Gasteiger partial charge >= 0.3 is 6.18 Å². The molecular formula is C26H24F3NS. The van der Waals surface area contributed by atoms with Gasteiger partial charge in [-0.05, 0) is 66.3 Å². The van der Waals surface area contributed by atoms with Gasteiger partial charge in [-0.25, -0.2) is 4.99 Å². The van der Waals surface area contributed by atoms with Crippen molar-refractivity contribution in [3.8, 4) is 0 Å². The first-order chi connectivity index (χ1) is 14.7. The molecule has 0 radical (unpaired) electrons. The van der Waals surface area contributed by atoms with Crippen LogP contribution in [0.25, 0.3) is 0 Å². The summed E-state index contributed by atoms with van der Waals surface area (Å²) in [5.41, 5.74) is 3.71. The number of aryl methyl sites for hydroxylation is 1. The third kappa shape index (κ3) is 6.59. The molecule has 0 aliphatic heterocycles. The largest absolute Gasteiger partial charge is 0.416 e. The van der Waals surface area contributed by atoms with Crippen LogP contribution in [0.5, 0.6) is 0 Å². The molecule has 160 valence electrons. The molecule has 0 bridgehead atoms. The van der Waals surface area contributed by atoms with Crippen LogP contribution in [-0.4, -0.2) is 5.71 Å². The van der Waals surface area contributed by atoms with Crippen LogP contribution in [0.2, 0.25) is 0 Å². The van der Waals surface area contributed by atoms with Gasteiger partial charge in [0.05, 0.1) is 17.0 Å². The van der Waals surface area contributed by atoms with Gasteiger partial charge in [0.2, 0.25) is 0 Å². The van der Waals surface area contributed by atoms with Crippen molar-refractivity contribution in [3.63, 3.8) is 0 Å². The summed E-state index contributed by atoms with van der Waals surface area (Å²) in [6, 6.07) is 21.2. The van der Waals surface area contributed by atoms with Crippen molar-refractivity contribution in [3.05, 3.63) is 107 Å². The zero-order valence-electron chi connectivity index (χ0n) is 17.6. The van der Waals surface area contributed by atoms with E-state index in [1.54, 1.807) is 0 Å². The van der Waals surface area contributed by atoms with E-state index in [1.807, 2.05) is 66.9 Å². The molecule has 0 heterocycles. The second kappa shape index (κ2) is 10.0. The van der Waals surface area contributed by atoms with E-state index in [0.29, 0.717) is 17.2 Å². The quantitative estimate of drug-likeness (QED) is 0.277. The van der Waals surface area contributed by atoms with Crippen LogP contribution in [0, 0.1) is 6.92 Å². The third-order valence-corrected chi connectivity index (χ3v) is 5.58. The Kier molecular flexibility index (Phi) is 7.39. The predicted molar refractivity (Wildman–Crippen MR) is 124 cm³/mol. The van der Waals surface area contributed by atoms with E-state index in [9.17, 15) is 13.2 Å². The minimum Gasteiger partial charge on any atom is -0.248 e. The van der Waals surface area contributed by atoms with Crippen LogP contribution < -0.4 is 0 Å². The molecule has 5 heteroatoms. The molecule has 0 unspecified atom stereocenters. The number of benzene rings is 3. The Morgan fingerprint density at radius 1 is 0.871 bits per heavy atom. The Morgan fingerprint density at radius 3 is 2.03 bits per heavy atom. The average Bonchev–Trinajstić information content (AvgIpc) is 2.74. The smallest absolute Gasteiger partial charge is 0.248 e. The fourth-order valence-corrected chi connectivity index (χ4v) is 3.54. The van der Waals surface area contributed by atoms with Crippen LogP contribution in [0.1, 0.15) is 42.0 Å². The summed E-state index contributed by atoms with van der Waals surface area (Å²) >= 11 is 1.54. The summed E-state index contributed by atoms with van der Waals surface area (Å²) in [5.74, 6) is 0.415. The zero-order valence-corrected chi connectivity index (χ0v) is 18.5. The van der Waals surface area contributed by atoms with Crippen LogP contribution in [0.15, 0.2) is 94.2 Å². The molecule has 0 fully saturated rings. The van der Waals surface area contributed by atoms with E-state index in [1.165, 1.54) is 35.0 Å². The first-order valence-corrected chi connectivity index (χ1v) is 10.9. The van der Waals surface area contributed by atoms with Gasteiger partial charge in [-0.2, -0.15) is 13.2 Å². The van der Waals surface area contributed by atoms with E-state index in [0.717, 1.165) is 22.7 Å². The third-order valence-electron chi connectivity index (χ3n) is 4.77. The summed E-state index contributed by atoms with van der Waals surface area (Å²) < 4.78 is 38.8. The summed E-state index contributed by atoms with van der Waals surface area (Å²) in [4.78, 5) is 5.78. The minimum atomic E-state index is -4.36. The highest BCUT2D eigenvalue weighted by Gasteiger charge is 2.30. The lowest BCUT2D eigenvalue weighted by Crippen LogP contribution is -2.05. The van der Waals surface area contributed by atoms with Crippen molar-refractivity contribution < 1.29 is 13.2 Å². The van der Waals surface area contributed by atoms with Crippen LogP contribution in [0.3, 0.4) is 0 Å². The van der Waals surface area contributed by atoms with E-state index in [4.69, 9.17) is 4.99 Å². The molecule has 0 aliphatic carbocycles. The molecule has 31 heavy (non-hydrogen) atoms. The molecule has 0 saturated carbocycles. The van der Waals surface area contributed by atoms with E-state index in [-0.39, 0.29) is 0 Å². The Balaban J connectivity index is 1.90. The van der Waals surface area contributed by atoms with Gasteiger partial charge in [-0.3, -0.25) is 0 Å². The normalized spacial score (nSPS) is 12.7. The Morgan fingerprint density at radius 2 is 1.48 bits per heavy atom. The number of hydrogen-bond acceptors (Lipinski definition) is 2. The SMILES string of the molecule is Cc1ccc(S/C=C/C(=Nc2ccc(C(C)C)cc2)c2ccc(C(F)(F)F)cc2)cc1. The molecule has 1 nitrogen and oxygen atoms in total. The van der Waals surface area contributed by atoms with Crippen molar-refractivity contribution in [1.82, 2.24) is 0 Å². The first kappa shape index (κ1) is 22.9. The Hall–Kier alpha value is -2.79. The van der Waals surface area contributed by atoms with Crippen LogP contribution in [0.4, 0.5) is 18.9 Å². The van der Waals surface area contributed by atoms with Gasteiger partial charge in [-0.15, -0.1) is 0 Å². The van der Waals surface area contributed by atoms with Crippen molar-refractivity contribution in [2.24, 2.45) is 4.99 Å². The van der Waals surface area contributed by atoms with Gasteiger partial charge in [0.1, 0.15) is 0 Å². The van der Waals surface area contributed by atoms with Gasteiger partial charge in [0.25, 0.3) is 0 Å². The maximum absolute atomic E-state index is 12.9. The van der Waals surface area contributed by atoms with E-state index in [2.05, 4.69) is 13.8 Å². The van der Waals surface area contributed by atoms with Gasteiger partial charge in [-0.1, -0.05) is 67.6 Å². The monoisotopic (exact) mass is 439 g/mol. The molecule has 3 aromatic rings. The number of aliphatic imine (C=N–C) groups is 1. The second-order valence-electron chi connectivity index (χ2n) is 7.55. The van der Waals surface area contributed by atoms with Gasteiger partial charge in [0.15, 0.2) is 0 Å². The van der Waals surface area contributed by atoms with Gasteiger partial charge in [0, 0.05) is 10.5 Å². The Bertz CT molecular complexity index is 1050. The summed E-state index contributed by atoms with van der Waals surface area (Å²) in [6.45, 7) is 6.28. The summed E-state index contributed by atoms with van der Waals surface area (Å²) in [5, 5.41) is 1.91. The molecule has 0 aliphatic rings. The second-order valence-corrected chi connectivity index (χ2v) is 8.53. The summed E-state index contributed by atoms with van der Waals surface area (Å²) in [7, 11) is 0. The van der Waals surface area contributed by atoms with Crippen molar-refractivity contribution in [2.45, 2.75) is 37.8 Å². The number of alkyl halides is 3. The molecule has 0 saturated heterocycles. The number of hydrogen-bond donors (Lipinski definition) is 0. The molecule has 3 rings (SSSR count). The van der Waals surface area contributed by atoms with E-state index >= 15 is 0 Å². The number of rotatable bonds is 6. The topological polar surface area (TPSA) is 12.4 Å². The molecule has 0 N–H and O–H groups in total. The fraction of sp³-hybridized carbons (Fsp3) is 0.192. The zero-order chi connectivity index (χ0) is 22.4. The van der Waals surface area contributed by atoms with Crippen molar-refractivity contribution >= 4 is 23.2 Å². The Labute approximate surface area is 185 Å². The average molecular weight is 440 g/mol. The van der Waals surface area contributed by atoms with Crippen molar-refractivity contribution in [1.29, 1.82) is 0 Å². The lowest BCUT2D eigenvalue weighted by Gasteiger charge is -2.09. The molecule has 3 aromatic carbocycles.